The van der Waals surface area contributed by atoms with E-state index in [2.05, 4.69) is 42.4 Å². The largest absolute Gasteiger partial charge is 0.338 e. The summed E-state index contributed by atoms with van der Waals surface area (Å²) in [4.78, 5) is 20.8. The first-order valence-corrected chi connectivity index (χ1v) is 10.7. The molecule has 0 saturated carbocycles. The van der Waals surface area contributed by atoms with Crippen LogP contribution in [-0.4, -0.2) is 77.4 Å². The monoisotopic (exact) mass is 406 g/mol. The molecule has 3 rings (SSSR count). The van der Waals surface area contributed by atoms with E-state index >= 15 is 0 Å². The van der Waals surface area contributed by atoms with Gasteiger partial charge >= 0.3 is 0 Å². The average Bonchev–Trinajstić information content (AvgIpc) is 2.59. The fourth-order valence-corrected chi connectivity index (χ4v) is 4.48. The molecular weight excluding hydrogens is 368 g/mol. The molecule has 8 N–H and O–H groups in total. The Kier molecular flexibility index (Phi) is 6.77. The first kappa shape index (κ1) is 21.9. The summed E-state index contributed by atoms with van der Waals surface area (Å²) in [5.41, 5.74) is 24.9. The van der Waals surface area contributed by atoms with Crippen LogP contribution in [0.3, 0.4) is 0 Å². The van der Waals surface area contributed by atoms with Crippen molar-refractivity contribution >= 4 is 17.8 Å². The molecule has 10 heteroatoms. The molecular formula is C19H38N10. The predicted molar refractivity (Wildman–Crippen MR) is 118 cm³/mol. The van der Waals surface area contributed by atoms with Crippen molar-refractivity contribution in [1.29, 1.82) is 0 Å². The number of hydrogen-bond donors (Lipinski definition) is 4. The number of piperidine rings is 2. The van der Waals surface area contributed by atoms with Gasteiger partial charge in [0.2, 0.25) is 17.8 Å². The molecule has 0 radical (unpaired) electrons. The Morgan fingerprint density at radius 3 is 1.34 bits per heavy atom. The maximum Gasteiger partial charge on any atom is 0.232 e. The molecule has 0 aromatic carbocycles. The van der Waals surface area contributed by atoms with Gasteiger partial charge in [0.1, 0.15) is 0 Å². The van der Waals surface area contributed by atoms with Crippen LogP contribution in [0.25, 0.3) is 0 Å². The van der Waals surface area contributed by atoms with Crippen molar-refractivity contribution in [3.05, 3.63) is 0 Å². The molecule has 164 valence electrons. The van der Waals surface area contributed by atoms with Crippen molar-refractivity contribution in [1.82, 2.24) is 15.0 Å². The fraction of sp³-hybridized carbons (Fsp3) is 0.842. The molecule has 1 aromatic heterocycles. The van der Waals surface area contributed by atoms with Crippen molar-refractivity contribution in [2.75, 3.05) is 40.9 Å². The number of rotatable bonds is 5. The molecule has 0 spiro atoms. The lowest BCUT2D eigenvalue weighted by atomic mass is 10.0. The van der Waals surface area contributed by atoms with Gasteiger partial charge in [-0.15, -0.1) is 0 Å². The summed E-state index contributed by atoms with van der Waals surface area (Å²) in [5.74, 6) is 1.90. The Hall–Kier alpha value is -1.75. The van der Waals surface area contributed by atoms with Crippen LogP contribution >= 0.6 is 0 Å². The van der Waals surface area contributed by atoms with Crippen molar-refractivity contribution in [3.8, 4) is 0 Å². The highest BCUT2D eigenvalue weighted by Gasteiger charge is 2.30. The van der Waals surface area contributed by atoms with Gasteiger partial charge < -0.3 is 37.6 Å². The highest BCUT2D eigenvalue weighted by molar-refractivity contribution is 5.48. The summed E-state index contributed by atoms with van der Waals surface area (Å²) >= 11 is 0. The molecule has 0 amide bonds. The Labute approximate surface area is 174 Å². The smallest absolute Gasteiger partial charge is 0.232 e. The van der Waals surface area contributed by atoms with E-state index in [-0.39, 0.29) is 36.3 Å². The van der Waals surface area contributed by atoms with Crippen LogP contribution in [0.15, 0.2) is 0 Å². The third-order valence-electron chi connectivity index (χ3n) is 5.54. The van der Waals surface area contributed by atoms with E-state index < -0.39 is 0 Å². The zero-order chi connectivity index (χ0) is 21.3. The lowest BCUT2D eigenvalue weighted by Crippen LogP contribution is -2.54. The second-order valence-electron chi connectivity index (χ2n) is 9.15. The lowest BCUT2D eigenvalue weighted by molar-refractivity contribution is 0.440. The van der Waals surface area contributed by atoms with Crippen molar-refractivity contribution in [3.63, 3.8) is 0 Å². The minimum atomic E-state index is 0.00514. The van der Waals surface area contributed by atoms with Gasteiger partial charge in [-0.25, -0.2) is 0 Å². The third kappa shape index (κ3) is 5.25. The van der Waals surface area contributed by atoms with E-state index in [1.165, 1.54) is 0 Å². The molecule has 0 bridgehead atoms. The van der Waals surface area contributed by atoms with Crippen LogP contribution in [0.5, 0.6) is 0 Å². The maximum atomic E-state index is 6.22. The van der Waals surface area contributed by atoms with E-state index in [0.29, 0.717) is 44.0 Å². The van der Waals surface area contributed by atoms with Gasteiger partial charge in [-0.2, -0.15) is 15.0 Å². The predicted octanol–water partition coefficient (Wildman–Crippen LogP) is -0.776. The van der Waals surface area contributed by atoms with Gasteiger partial charge in [-0.05, 0) is 40.5 Å². The highest BCUT2D eigenvalue weighted by Crippen LogP contribution is 2.25. The van der Waals surface area contributed by atoms with Crippen LogP contribution in [0.4, 0.5) is 17.8 Å². The number of nitrogens with two attached hydrogens (primary N) is 4. The molecule has 2 fully saturated rings. The minimum absolute atomic E-state index is 0.00514. The SMILES string of the molecule is CC(C)N(c1nc(N2CC(N)CC(N)C2)nc(N2CC(N)CC(N)C2)n1)C(C)C. The number of nitrogens with zero attached hydrogens (tertiary/aromatic N) is 6. The summed E-state index contributed by atoms with van der Waals surface area (Å²) in [6.45, 7) is 11.3. The van der Waals surface area contributed by atoms with Gasteiger partial charge in [0.05, 0.1) is 0 Å². The van der Waals surface area contributed by atoms with E-state index in [9.17, 15) is 0 Å². The molecule has 1 aromatic rings. The van der Waals surface area contributed by atoms with Gasteiger partial charge in [0.25, 0.3) is 0 Å². The topological polar surface area (TPSA) is 152 Å². The molecule has 2 aliphatic rings. The van der Waals surface area contributed by atoms with Gasteiger partial charge in [-0.3, -0.25) is 0 Å². The first-order chi connectivity index (χ1) is 13.6. The van der Waals surface area contributed by atoms with Crippen LogP contribution in [0.1, 0.15) is 40.5 Å². The summed E-state index contributed by atoms with van der Waals surface area (Å²) in [6.07, 6.45) is 1.61. The Morgan fingerprint density at radius 2 is 1.03 bits per heavy atom. The van der Waals surface area contributed by atoms with Crippen molar-refractivity contribution in [2.45, 2.75) is 76.8 Å². The molecule has 2 aliphatic heterocycles. The summed E-state index contributed by atoms with van der Waals surface area (Å²) in [5, 5.41) is 0. The van der Waals surface area contributed by atoms with Crippen molar-refractivity contribution in [2.24, 2.45) is 22.9 Å². The van der Waals surface area contributed by atoms with Crippen LogP contribution in [0.2, 0.25) is 0 Å². The zero-order valence-corrected chi connectivity index (χ0v) is 18.2. The average molecular weight is 407 g/mol. The van der Waals surface area contributed by atoms with E-state index in [1.807, 2.05) is 0 Å². The van der Waals surface area contributed by atoms with Crippen LogP contribution in [-0.2, 0) is 0 Å². The Balaban J connectivity index is 2.02. The molecule has 0 aliphatic carbocycles. The highest BCUT2D eigenvalue weighted by atomic mass is 15.4. The first-order valence-electron chi connectivity index (χ1n) is 10.7. The van der Waals surface area contributed by atoms with Gasteiger partial charge in [-0.1, -0.05) is 0 Å². The normalized spacial score (nSPS) is 28.3. The molecule has 29 heavy (non-hydrogen) atoms. The van der Waals surface area contributed by atoms with E-state index in [1.54, 1.807) is 0 Å². The van der Waals surface area contributed by atoms with Crippen LogP contribution in [0, 0.1) is 0 Å². The standard InChI is InChI=1S/C19H38N10/c1-11(2)29(12(3)4)19-25-17(27-7-13(20)5-14(21)8-27)24-18(26-19)28-9-15(22)6-16(23)10-28/h11-16H,5-10,20-23H2,1-4H3. The Bertz CT molecular complexity index is 609. The number of aromatic nitrogens is 3. The molecule has 4 unspecified atom stereocenters. The molecule has 2 saturated heterocycles. The number of anilines is 3. The Morgan fingerprint density at radius 1 is 0.690 bits per heavy atom. The molecule has 4 atom stereocenters. The van der Waals surface area contributed by atoms with Gasteiger partial charge in [0.15, 0.2) is 0 Å². The quantitative estimate of drug-likeness (QED) is 0.490. The number of hydrogen-bond acceptors (Lipinski definition) is 10. The summed E-state index contributed by atoms with van der Waals surface area (Å²) < 4.78 is 0. The second-order valence-corrected chi connectivity index (χ2v) is 9.15. The maximum absolute atomic E-state index is 6.22. The molecule has 10 nitrogen and oxygen atoms in total. The summed E-state index contributed by atoms with van der Waals surface area (Å²) in [7, 11) is 0. The lowest BCUT2D eigenvalue weighted by Gasteiger charge is -2.38. The second kappa shape index (κ2) is 8.95. The van der Waals surface area contributed by atoms with Crippen molar-refractivity contribution < 1.29 is 0 Å². The van der Waals surface area contributed by atoms with E-state index in [4.69, 9.17) is 37.9 Å². The summed E-state index contributed by atoms with van der Waals surface area (Å²) in [6, 6.07) is 0.511. The molecule has 3 heterocycles. The minimum Gasteiger partial charge on any atom is -0.338 e. The van der Waals surface area contributed by atoms with Crippen LogP contribution < -0.4 is 37.6 Å². The fourth-order valence-electron chi connectivity index (χ4n) is 4.48. The van der Waals surface area contributed by atoms with E-state index in [0.717, 1.165) is 12.8 Å². The third-order valence-corrected chi connectivity index (χ3v) is 5.54. The zero-order valence-electron chi connectivity index (χ0n) is 18.2. The van der Waals surface area contributed by atoms with Gasteiger partial charge in [0, 0.05) is 62.4 Å².